The summed E-state index contributed by atoms with van der Waals surface area (Å²) in [6.07, 6.45) is 10.5. The molecule has 4 nitrogen and oxygen atoms in total. The third-order valence-corrected chi connectivity index (χ3v) is 13.7. The summed E-state index contributed by atoms with van der Waals surface area (Å²) in [6.45, 7) is 20.4. The first-order chi connectivity index (χ1) is 16.6. The molecule has 0 aromatic carbocycles. The van der Waals surface area contributed by atoms with E-state index in [-0.39, 0.29) is 39.7 Å². The van der Waals surface area contributed by atoms with E-state index in [2.05, 4.69) is 48.1 Å². The normalized spacial score (nSPS) is 51.2. The second-order valence-corrected chi connectivity index (χ2v) is 15.1. The summed E-state index contributed by atoms with van der Waals surface area (Å²) >= 11 is 0. The summed E-state index contributed by atoms with van der Waals surface area (Å²) in [5.74, 6) is 1.49. The first-order valence-electron chi connectivity index (χ1n) is 14.7. The number of allylic oxidation sites excluding steroid dienone is 1. The molecule has 0 aromatic heterocycles. The van der Waals surface area contributed by atoms with Gasteiger partial charge in [0.2, 0.25) is 0 Å². The molecule has 10 atom stereocenters. The molecule has 3 unspecified atom stereocenters. The van der Waals surface area contributed by atoms with Gasteiger partial charge in [-0.1, -0.05) is 46.8 Å². The van der Waals surface area contributed by atoms with E-state index in [1.54, 1.807) is 6.92 Å². The third kappa shape index (κ3) is 3.17. The topological polar surface area (TPSA) is 63.6 Å². The molecule has 1 N–H and O–H groups in total. The third-order valence-electron chi connectivity index (χ3n) is 13.7. The Kier molecular flexibility index (Phi) is 5.91. The van der Waals surface area contributed by atoms with E-state index in [1.165, 1.54) is 24.8 Å². The molecule has 0 bridgehead atoms. The van der Waals surface area contributed by atoms with Crippen LogP contribution in [0.15, 0.2) is 12.2 Å². The SMILES string of the molecule is C=C(C)[C@@H]1CC[C@]2(C(=O)O)CC[C@]3(C)[C@H](CCC4[C@@]5(C)CC[C@H](OC(C)=O)C(C)(C)C5CC[C@]43C)C12. The summed E-state index contributed by atoms with van der Waals surface area (Å²) in [6, 6.07) is 0. The lowest BCUT2D eigenvalue weighted by atomic mass is 9.32. The fourth-order valence-corrected chi connectivity index (χ4v) is 11.9. The lowest BCUT2D eigenvalue weighted by Gasteiger charge is -2.72. The molecule has 4 heteroatoms. The van der Waals surface area contributed by atoms with Crippen molar-refractivity contribution >= 4 is 11.9 Å². The Labute approximate surface area is 219 Å². The number of rotatable bonds is 3. The quantitative estimate of drug-likeness (QED) is 0.320. The summed E-state index contributed by atoms with van der Waals surface area (Å²) in [5, 5.41) is 10.5. The van der Waals surface area contributed by atoms with Crippen LogP contribution in [-0.2, 0) is 14.3 Å². The maximum absolute atomic E-state index is 12.8. The molecule has 5 fully saturated rings. The Bertz CT molecular complexity index is 967. The van der Waals surface area contributed by atoms with E-state index in [0.717, 1.165) is 44.9 Å². The molecule has 5 rings (SSSR count). The molecule has 0 amide bonds. The number of carboxylic acids is 1. The molecule has 36 heavy (non-hydrogen) atoms. The number of esters is 1. The highest BCUT2D eigenvalue weighted by Gasteiger charge is 2.72. The minimum atomic E-state index is -0.553. The van der Waals surface area contributed by atoms with E-state index in [1.807, 2.05) is 0 Å². The summed E-state index contributed by atoms with van der Waals surface area (Å²) < 4.78 is 5.88. The van der Waals surface area contributed by atoms with Crippen LogP contribution in [0.4, 0.5) is 0 Å². The van der Waals surface area contributed by atoms with Crippen LogP contribution in [-0.4, -0.2) is 23.1 Å². The number of hydrogen-bond acceptors (Lipinski definition) is 3. The Balaban J connectivity index is 1.52. The van der Waals surface area contributed by atoms with Crippen LogP contribution in [0.1, 0.15) is 113 Å². The smallest absolute Gasteiger partial charge is 0.309 e. The van der Waals surface area contributed by atoms with Gasteiger partial charge < -0.3 is 9.84 Å². The fourth-order valence-electron chi connectivity index (χ4n) is 11.9. The zero-order valence-electron chi connectivity index (χ0n) is 23.9. The molecular weight excluding hydrogens is 448 g/mol. The number of hydrogen-bond donors (Lipinski definition) is 1. The lowest BCUT2D eigenvalue weighted by molar-refractivity contribution is -0.250. The largest absolute Gasteiger partial charge is 0.481 e. The molecule has 0 aromatic rings. The van der Waals surface area contributed by atoms with Gasteiger partial charge in [-0.05, 0) is 117 Å². The highest BCUT2D eigenvalue weighted by molar-refractivity contribution is 5.76. The van der Waals surface area contributed by atoms with Crippen LogP contribution in [0.5, 0.6) is 0 Å². The van der Waals surface area contributed by atoms with Gasteiger partial charge in [0.25, 0.3) is 0 Å². The second-order valence-electron chi connectivity index (χ2n) is 15.1. The molecule has 0 heterocycles. The van der Waals surface area contributed by atoms with Crippen molar-refractivity contribution in [2.75, 3.05) is 0 Å². The van der Waals surface area contributed by atoms with E-state index in [4.69, 9.17) is 4.74 Å². The Hall–Kier alpha value is -1.32. The van der Waals surface area contributed by atoms with E-state index in [9.17, 15) is 14.7 Å². The van der Waals surface area contributed by atoms with Gasteiger partial charge in [0, 0.05) is 12.3 Å². The highest BCUT2D eigenvalue weighted by atomic mass is 16.5. The number of carbonyl (C=O) groups is 2. The number of ether oxygens (including phenoxy) is 1. The van der Waals surface area contributed by atoms with Crippen molar-refractivity contribution in [2.45, 2.75) is 119 Å². The Morgan fingerprint density at radius 1 is 0.806 bits per heavy atom. The average molecular weight is 499 g/mol. The minimum Gasteiger partial charge on any atom is -0.481 e. The predicted octanol–water partition coefficient (Wildman–Crippen LogP) is 7.66. The summed E-state index contributed by atoms with van der Waals surface area (Å²) in [5.41, 5.74) is 1.20. The van der Waals surface area contributed by atoms with Crippen molar-refractivity contribution in [1.82, 2.24) is 0 Å². The maximum atomic E-state index is 12.8. The molecule has 202 valence electrons. The number of carboxylic acid groups (broad SMARTS) is 1. The molecule has 0 aliphatic heterocycles. The monoisotopic (exact) mass is 498 g/mol. The van der Waals surface area contributed by atoms with Crippen LogP contribution < -0.4 is 0 Å². The van der Waals surface area contributed by atoms with Gasteiger partial charge in [-0.15, -0.1) is 0 Å². The van der Waals surface area contributed by atoms with Crippen LogP contribution in [0.2, 0.25) is 0 Å². The van der Waals surface area contributed by atoms with E-state index < -0.39 is 11.4 Å². The van der Waals surface area contributed by atoms with E-state index >= 15 is 0 Å². The predicted molar refractivity (Wildman–Crippen MR) is 142 cm³/mol. The zero-order valence-corrected chi connectivity index (χ0v) is 23.9. The standard InChI is InChI=1S/C32H50O4/c1-19(2)21-11-16-32(27(34)35)18-17-30(7)22(26(21)32)9-10-24-29(6)14-13-25(36-20(3)33)28(4,5)23(29)12-15-31(24,30)8/h21-26H,1,9-18H2,2-8H3,(H,34,35)/t21-,22+,23?,24?,25-,26?,29-,30+,31+,32-/m0/s1. The number of fused-ring (bicyclic) bond motifs is 7. The molecule has 5 aliphatic carbocycles. The molecule has 5 aliphatic rings. The van der Waals surface area contributed by atoms with Gasteiger partial charge in [-0.2, -0.15) is 0 Å². The van der Waals surface area contributed by atoms with Gasteiger partial charge in [-0.25, -0.2) is 0 Å². The Morgan fingerprint density at radius 3 is 2.11 bits per heavy atom. The first-order valence-corrected chi connectivity index (χ1v) is 14.7. The highest BCUT2D eigenvalue weighted by Crippen LogP contribution is 2.77. The summed E-state index contributed by atoms with van der Waals surface area (Å²) in [4.78, 5) is 24.7. The van der Waals surface area contributed by atoms with Crippen molar-refractivity contribution in [1.29, 1.82) is 0 Å². The molecule has 5 saturated carbocycles. The molecule has 0 radical (unpaired) electrons. The molecular formula is C32H50O4. The first kappa shape index (κ1) is 26.3. The minimum absolute atomic E-state index is 0.00466. The van der Waals surface area contributed by atoms with Gasteiger partial charge >= 0.3 is 11.9 Å². The van der Waals surface area contributed by atoms with Gasteiger partial charge in [0.1, 0.15) is 6.10 Å². The van der Waals surface area contributed by atoms with Crippen LogP contribution in [0, 0.1) is 56.7 Å². The van der Waals surface area contributed by atoms with Crippen molar-refractivity contribution in [3.63, 3.8) is 0 Å². The van der Waals surface area contributed by atoms with Gasteiger partial charge in [0.15, 0.2) is 0 Å². The van der Waals surface area contributed by atoms with E-state index in [0.29, 0.717) is 23.7 Å². The van der Waals surface area contributed by atoms with Gasteiger partial charge in [-0.3, -0.25) is 9.59 Å². The maximum Gasteiger partial charge on any atom is 0.309 e. The molecule has 0 saturated heterocycles. The Morgan fingerprint density at radius 2 is 1.50 bits per heavy atom. The van der Waals surface area contributed by atoms with Crippen molar-refractivity contribution in [3.05, 3.63) is 12.2 Å². The van der Waals surface area contributed by atoms with Crippen LogP contribution in [0.3, 0.4) is 0 Å². The van der Waals surface area contributed by atoms with Crippen molar-refractivity contribution < 1.29 is 19.4 Å². The average Bonchev–Trinajstić information content (AvgIpc) is 3.17. The lowest BCUT2D eigenvalue weighted by Crippen LogP contribution is -2.67. The number of aliphatic carboxylic acids is 1. The second kappa shape index (κ2) is 8.09. The zero-order chi connectivity index (χ0) is 26.5. The van der Waals surface area contributed by atoms with Gasteiger partial charge in [0.05, 0.1) is 5.41 Å². The summed E-state index contributed by atoms with van der Waals surface area (Å²) in [7, 11) is 0. The van der Waals surface area contributed by atoms with Crippen LogP contribution in [0.25, 0.3) is 0 Å². The van der Waals surface area contributed by atoms with Crippen LogP contribution >= 0.6 is 0 Å². The fraction of sp³-hybridized carbons (Fsp3) is 0.875. The van der Waals surface area contributed by atoms with Crippen molar-refractivity contribution in [2.24, 2.45) is 56.7 Å². The number of carbonyl (C=O) groups excluding carboxylic acids is 1. The molecule has 0 spiro atoms. The van der Waals surface area contributed by atoms with Crippen molar-refractivity contribution in [3.8, 4) is 0 Å².